The van der Waals surface area contributed by atoms with Crippen molar-refractivity contribution >= 4 is 0 Å². The van der Waals surface area contributed by atoms with Crippen molar-refractivity contribution in [1.29, 1.82) is 5.26 Å². The number of nitrogens with zero attached hydrogens (tertiary/aromatic N) is 1. The van der Waals surface area contributed by atoms with Gasteiger partial charge in [-0.2, -0.15) is 5.26 Å². The highest BCUT2D eigenvalue weighted by Crippen LogP contribution is 2.26. The highest BCUT2D eigenvalue weighted by Gasteiger charge is 2.22. The standard InChI is InChI=1S/C14H26N2/c1-12-6-4-7-13(10-12)16-11-14(2,3)8-5-9-15/h12-13,16H,4-8,10-11H2,1-3H3/t12-,13+/m0/s1. The van der Waals surface area contributed by atoms with E-state index in [2.05, 4.69) is 32.2 Å². The molecule has 0 amide bonds. The van der Waals surface area contributed by atoms with E-state index in [1.54, 1.807) is 0 Å². The predicted molar refractivity (Wildman–Crippen MR) is 68.1 cm³/mol. The fraction of sp³-hybridized carbons (Fsp3) is 0.929. The third-order valence-electron chi connectivity index (χ3n) is 3.72. The van der Waals surface area contributed by atoms with Crippen molar-refractivity contribution < 1.29 is 0 Å². The summed E-state index contributed by atoms with van der Waals surface area (Å²) in [4.78, 5) is 0. The van der Waals surface area contributed by atoms with Crippen LogP contribution in [0.1, 0.15) is 59.3 Å². The van der Waals surface area contributed by atoms with Crippen molar-refractivity contribution in [3.05, 3.63) is 0 Å². The Hall–Kier alpha value is -0.550. The molecule has 2 heteroatoms. The van der Waals surface area contributed by atoms with E-state index >= 15 is 0 Å². The van der Waals surface area contributed by atoms with Crippen molar-refractivity contribution in [2.45, 2.75) is 65.3 Å². The topological polar surface area (TPSA) is 35.8 Å². The van der Waals surface area contributed by atoms with Gasteiger partial charge in [0.05, 0.1) is 6.07 Å². The van der Waals surface area contributed by atoms with Gasteiger partial charge in [0.25, 0.3) is 0 Å². The first-order valence-corrected chi connectivity index (χ1v) is 6.64. The molecule has 1 N–H and O–H groups in total. The van der Waals surface area contributed by atoms with E-state index < -0.39 is 0 Å². The van der Waals surface area contributed by atoms with Crippen LogP contribution in [0, 0.1) is 22.7 Å². The summed E-state index contributed by atoms with van der Waals surface area (Å²) in [6, 6.07) is 2.95. The fourth-order valence-electron chi connectivity index (χ4n) is 2.52. The normalized spacial score (nSPS) is 26.4. The molecule has 0 aliphatic heterocycles. The van der Waals surface area contributed by atoms with Crippen molar-refractivity contribution in [2.24, 2.45) is 11.3 Å². The van der Waals surface area contributed by atoms with Crippen LogP contribution in [0.3, 0.4) is 0 Å². The minimum Gasteiger partial charge on any atom is -0.313 e. The van der Waals surface area contributed by atoms with Crippen molar-refractivity contribution in [3.8, 4) is 6.07 Å². The summed E-state index contributed by atoms with van der Waals surface area (Å²) >= 11 is 0. The quantitative estimate of drug-likeness (QED) is 0.773. The van der Waals surface area contributed by atoms with Crippen LogP contribution in [0.4, 0.5) is 0 Å². The Morgan fingerprint density at radius 1 is 1.38 bits per heavy atom. The third-order valence-corrected chi connectivity index (χ3v) is 3.72. The molecule has 16 heavy (non-hydrogen) atoms. The van der Waals surface area contributed by atoms with E-state index in [9.17, 15) is 0 Å². The van der Waals surface area contributed by atoms with E-state index in [0.717, 1.165) is 18.9 Å². The highest BCUT2D eigenvalue weighted by atomic mass is 14.9. The zero-order valence-electron chi connectivity index (χ0n) is 11.1. The fourth-order valence-corrected chi connectivity index (χ4v) is 2.52. The monoisotopic (exact) mass is 222 g/mol. The van der Waals surface area contributed by atoms with Gasteiger partial charge >= 0.3 is 0 Å². The van der Waals surface area contributed by atoms with Gasteiger partial charge in [0.2, 0.25) is 0 Å². The first kappa shape index (κ1) is 13.5. The highest BCUT2D eigenvalue weighted by molar-refractivity contribution is 4.82. The Bertz CT molecular complexity index is 240. The van der Waals surface area contributed by atoms with Crippen LogP contribution in [-0.4, -0.2) is 12.6 Å². The van der Waals surface area contributed by atoms with Gasteiger partial charge in [0.15, 0.2) is 0 Å². The van der Waals surface area contributed by atoms with Gasteiger partial charge in [-0.15, -0.1) is 0 Å². The van der Waals surface area contributed by atoms with Crippen molar-refractivity contribution in [3.63, 3.8) is 0 Å². The van der Waals surface area contributed by atoms with Gasteiger partial charge in [-0.3, -0.25) is 0 Å². The molecule has 1 fully saturated rings. The van der Waals surface area contributed by atoms with Crippen LogP contribution in [0.15, 0.2) is 0 Å². The molecule has 0 radical (unpaired) electrons. The smallest absolute Gasteiger partial charge is 0.0621 e. The van der Waals surface area contributed by atoms with E-state index in [4.69, 9.17) is 5.26 Å². The Morgan fingerprint density at radius 2 is 2.12 bits per heavy atom. The number of nitrogens with one attached hydrogen (secondary N) is 1. The average Bonchev–Trinajstić information content (AvgIpc) is 2.24. The van der Waals surface area contributed by atoms with Crippen LogP contribution >= 0.6 is 0 Å². The molecule has 2 atom stereocenters. The lowest BCUT2D eigenvalue weighted by Crippen LogP contribution is -2.39. The number of hydrogen-bond acceptors (Lipinski definition) is 2. The second kappa shape index (κ2) is 6.25. The van der Waals surface area contributed by atoms with Crippen LogP contribution < -0.4 is 5.32 Å². The Balaban J connectivity index is 2.24. The van der Waals surface area contributed by atoms with Crippen molar-refractivity contribution in [2.75, 3.05) is 6.54 Å². The minimum absolute atomic E-state index is 0.260. The van der Waals surface area contributed by atoms with Crippen LogP contribution in [0.25, 0.3) is 0 Å². The molecule has 0 heterocycles. The molecular weight excluding hydrogens is 196 g/mol. The maximum atomic E-state index is 8.61. The number of rotatable bonds is 5. The molecule has 1 saturated carbocycles. The summed E-state index contributed by atoms with van der Waals surface area (Å²) < 4.78 is 0. The van der Waals surface area contributed by atoms with Gasteiger partial charge in [0, 0.05) is 19.0 Å². The van der Waals surface area contributed by atoms with Gasteiger partial charge in [0.1, 0.15) is 0 Å². The summed E-state index contributed by atoms with van der Waals surface area (Å²) in [5.74, 6) is 0.883. The van der Waals surface area contributed by atoms with E-state index in [-0.39, 0.29) is 5.41 Å². The van der Waals surface area contributed by atoms with Gasteiger partial charge in [-0.1, -0.05) is 33.6 Å². The van der Waals surface area contributed by atoms with E-state index in [0.29, 0.717) is 12.5 Å². The zero-order chi connectivity index (χ0) is 12.0. The van der Waals surface area contributed by atoms with Crippen LogP contribution in [0.2, 0.25) is 0 Å². The summed E-state index contributed by atoms with van der Waals surface area (Å²) in [6.07, 6.45) is 7.11. The number of nitriles is 1. The molecule has 2 nitrogen and oxygen atoms in total. The molecule has 1 aliphatic carbocycles. The van der Waals surface area contributed by atoms with Crippen LogP contribution in [-0.2, 0) is 0 Å². The maximum absolute atomic E-state index is 8.61. The second-order valence-corrected chi connectivity index (χ2v) is 6.17. The van der Waals surface area contributed by atoms with E-state index in [1.807, 2.05) is 0 Å². The molecular formula is C14H26N2. The summed E-state index contributed by atoms with van der Waals surface area (Å²) in [6.45, 7) is 7.91. The van der Waals surface area contributed by atoms with Gasteiger partial charge in [-0.25, -0.2) is 0 Å². The molecule has 0 unspecified atom stereocenters. The molecule has 0 aromatic heterocycles. The second-order valence-electron chi connectivity index (χ2n) is 6.17. The minimum atomic E-state index is 0.260. The summed E-state index contributed by atoms with van der Waals surface area (Å²) in [5, 5.41) is 12.3. The Morgan fingerprint density at radius 3 is 2.75 bits per heavy atom. The Labute approximate surface area is 100 Å². The lowest BCUT2D eigenvalue weighted by atomic mass is 9.84. The summed E-state index contributed by atoms with van der Waals surface area (Å²) in [7, 11) is 0. The SMILES string of the molecule is C[C@H]1CCC[C@@H](NCC(C)(C)CCC#N)C1. The molecule has 0 aromatic carbocycles. The van der Waals surface area contributed by atoms with Gasteiger partial charge in [-0.05, 0) is 30.6 Å². The lowest BCUT2D eigenvalue weighted by molar-refractivity contribution is 0.250. The lowest BCUT2D eigenvalue weighted by Gasteiger charge is -2.32. The molecule has 1 aliphatic rings. The average molecular weight is 222 g/mol. The first-order valence-electron chi connectivity index (χ1n) is 6.64. The van der Waals surface area contributed by atoms with Crippen molar-refractivity contribution in [1.82, 2.24) is 5.32 Å². The molecule has 92 valence electrons. The molecule has 1 rings (SSSR count). The molecule has 0 aromatic rings. The van der Waals surface area contributed by atoms with Gasteiger partial charge < -0.3 is 5.32 Å². The predicted octanol–water partition coefficient (Wildman–Crippen LogP) is 3.48. The first-order chi connectivity index (χ1) is 7.53. The Kier molecular flexibility index (Phi) is 5.28. The zero-order valence-corrected chi connectivity index (χ0v) is 11.1. The molecule has 0 spiro atoms. The maximum Gasteiger partial charge on any atom is 0.0621 e. The summed E-state index contributed by atoms with van der Waals surface area (Å²) in [5.41, 5.74) is 0.260. The number of hydrogen-bond donors (Lipinski definition) is 1. The molecule has 0 saturated heterocycles. The third kappa shape index (κ3) is 4.99. The molecule has 0 bridgehead atoms. The largest absolute Gasteiger partial charge is 0.313 e. The van der Waals surface area contributed by atoms with E-state index in [1.165, 1.54) is 25.7 Å². The van der Waals surface area contributed by atoms with Crippen LogP contribution in [0.5, 0.6) is 0 Å².